The highest BCUT2D eigenvalue weighted by atomic mass is 32.1. The average Bonchev–Trinajstić information content (AvgIpc) is 3.02. The molecule has 140 valence electrons. The first-order chi connectivity index (χ1) is 13.2. The van der Waals surface area contributed by atoms with Gasteiger partial charge in [-0.3, -0.25) is 4.79 Å². The number of aryl methyl sites for hydroxylation is 1. The van der Waals surface area contributed by atoms with E-state index >= 15 is 0 Å². The van der Waals surface area contributed by atoms with Gasteiger partial charge in [0.15, 0.2) is 0 Å². The number of anilines is 1. The van der Waals surface area contributed by atoms with Crippen molar-refractivity contribution in [3.63, 3.8) is 0 Å². The fourth-order valence-electron chi connectivity index (χ4n) is 3.83. The van der Waals surface area contributed by atoms with Gasteiger partial charge in [0.05, 0.1) is 5.69 Å². The lowest BCUT2D eigenvalue weighted by Crippen LogP contribution is -2.25. The first kappa shape index (κ1) is 18.0. The van der Waals surface area contributed by atoms with Gasteiger partial charge in [-0.2, -0.15) is 0 Å². The number of hydrogen-bond donors (Lipinski definition) is 2. The Hall–Kier alpha value is -2.40. The maximum Gasteiger partial charge on any atom is 0.263 e. The third-order valence-corrected chi connectivity index (χ3v) is 6.63. The summed E-state index contributed by atoms with van der Waals surface area (Å²) in [5.41, 5.74) is 10.6. The zero-order valence-corrected chi connectivity index (χ0v) is 16.4. The molecule has 4 nitrogen and oxygen atoms in total. The maximum absolute atomic E-state index is 12.6. The van der Waals surface area contributed by atoms with E-state index in [0.717, 1.165) is 35.4 Å². The van der Waals surface area contributed by atoms with Crippen LogP contribution in [0, 0.1) is 5.92 Å². The van der Waals surface area contributed by atoms with Crippen molar-refractivity contribution in [2.45, 2.75) is 39.0 Å². The number of benzene rings is 1. The summed E-state index contributed by atoms with van der Waals surface area (Å²) in [5, 5.41) is 3.93. The van der Waals surface area contributed by atoms with Gasteiger partial charge >= 0.3 is 0 Å². The van der Waals surface area contributed by atoms with E-state index in [-0.39, 0.29) is 5.91 Å². The van der Waals surface area contributed by atoms with Crippen molar-refractivity contribution in [1.82, 2.24) is 10.3 Å². The van der Waals surface area contributed by atoms with Crippen molar-refractivity contribution in [1.29, 1.82) is 0 Å². The van der Waals surface area contributed by atoms with Crippen LogP contribution >= 0.6 is 11.3 Å². The Morgan fingerprint density at radius 1 is 1.33 bits per heavy atom. The molecule has 1 aromatic carbocycles. The van der Waals surface area contributed by atoms with Crippen molar-refractivity contribution >= 4 is 33.1 Å². The minimum atomic E-state index is -0.101. The Bertz CT molecular complexity index is 965. The Labute approximate surface area is 163 Å². The molecule has 0 spiro atoms. The second-order valence-electron chi connectivity index (χ2n) is 7.30. The highest BCUT2D eigenvalue weighted by Crippen LogP contribution is 2.36. The first-order valence-electron chi connectivity index (χ1n) is 9.68. The fraction of sp³-hybridized carbons (Fsp3) is 0.364. The van der Waals surface area contributed by atoms with Gasteiger partial charge < -0.3 is 11.1 Å². The number of amides is 1. The van der Waals surface area contributed by atoms with Gasteiger partial charge in [0.1, 0.15) is 9.71 Å². The van der Waals surface area contributed by atoms with E-state index in [2.05, 4.69) is 30.4 Å². The summed E-state index contributed by atoms with van der Waals surface area (Å²) in [7, 11) is 0. The minimum Gasteiger partial charge on any atom is -0.397 e. The molecular formula is C22H25N3OS. The van der Waals surface area contributed by atoms with Gasteiger partial charge in [0.25, 0.3) is 5.91 Å². The lowest BCUT2D eigenvalue weighted by Gasteiger charge is -2.22. The Balaban J connectivity index is 1.52. The Morgan fingerprint density at radius 2 is 2.15 bits per heavy atom. The standard InChI is InChI=1S/C22H25N3OS/c1-2-14-8-9-18-16(12-14)13-17-19(23)20(27-22(17)25-18)21(26)24-11-10-15-6-4-3-5-7-15/h3-7,13-14H,2,8-12,23H2,1H3,(H,24,26). The monoisotopic (exact) mass is 379 g/mol. The molecule has 1 aliphatic carbocycles. The summed E-state index contributed by atoms with van der Waals surface area (Å²) in [6.45, 7) is 2.84. The van der Waals surface area contributed by atoms with E-state index in [4.69, 9.17) is 10.7 Å². The number of rotatable bonds is 5. The second-order valence-corrected chi connectivity index (χ2v) is 8.30. The molecule has 0 saturated carbocycles. The largest absolute Gasteiger partial charge is 0.397 e. The van der Waals surface area contributed by atoms with E-state index in [9.17, 15) is 4.79 Å². The number of fused-ring (bicyclic) bond motifs is 2. The van der Waals surface area contributed by atoms with Gasteiger partial charge in [0.2, 0.25) is 0 Å². The van der Waals surface area contributed by atoms with Crippen LogP contribution in [-0.4, -0.2) is 17.4 Å². The number of hydrogen-bond acceptors (Lipinski definition) is 4. The molecule has 27 heavy (non-hydrogen) atoms. The van der Waals surface area contributed by atoms with Crippen LogP contribution < -0.4 is 11.1 Å². The topological polar surface area (TPSA) is 68.0 Å². The van der Waals surface area contributed by atoms with Gasteiger partial charge in [0, 0.05) is 17.6 Å². The van der Waals surface area contributed by atoms with Gasteiger partial charge in [-0.15, -0.1) is 11.3 Å². The van der Waals surface area contributed by atoms with Crippen LogP contribution in [0.3, 0.4) is 0 Å². The summed E-state index contributed by atoms with van der Waals surface area (Å²) in [4.78, 5) is 18.9. The molecule has 0 radical (unpaired) electrons. The molecule has 0 fully saturated rings. The molecule has 3 N–H and O–H groups in total. The molecule has 4 rings (SSSR count). The maximum atomic E-state index is 12.6. The van der Waals surface area contributed by atoms with Crippen LogP contribution in [0.25, 0.3) is 10.2 Å². The highest BCUT2D eigenvalue weighted by molar-refractivity contribution is 7.21. The van der Waals surface area contributed by atoms with Crippen LogP contribution in [0.1, 0.15) is 46.3 Å². The van der Waals surface area contributed by atoms with Crippen molar-refractivity contribution in [3.8, 4) is 0 Å². The molecule has 1 amide bonds. The van der Waals surface area contributed by atoms with Crippen LogP contribution in [0.2, 0.25) is 0 Å². The molecule has 5 heteroatoms. The molecule has 1 aliphatic rings. The van der Waals surface area contributed by atoms with Crippen LogP contribution in [0.5, 0.6) is 0 Å². The number of pyridine rings is 1. The molecule has 2 aromatic heterocycles. The zero-order chi connectivity index (χ0) is 18.8. The number of nitrogens with two attached hydrogens (primary N) is 1. The van der Waals surface area contributed by atoms with Crippen molar-refractivity contribution < 1.29 is 4.79 Å². The minimum absolute atomic E-state index is 0.101. The second kappa shape index (κ2) is 7.69. The van der Waals surface area contributed by atoms with E-state index in [1.54, 1.807) is 0 Å². The van der Waals surface area contributed by atoms with Crippen molar-refractivity contribution in [3.05, 3.63) is 58.1 Å². The van der Waals surface area contributed by atoms with Gasteiger partial charge in [-0.1, -0.05) is 43.7 Å². The molecule has 0 saturated heterocycles. The van der Waals surface area contributed by atoms with E-state index in [1.165, 1.54) is 41.0 Å². The van der Waals surface area contributed by atoms with Crippen LogP contribution in [0.4, 0.5) is 5.69 Å². The SMILES string of the molecule is CCC1CCc2nc3sc(C(=O)NCCc4ccccc4)c(N)c3cc2C1. The lowest BCUT2D eigenvalue weighted by molar-refractivity contribution is 0.0959. The molecule has 2 heterocycles. The van der Waals surface area contributed by atoms with Crippen LogP contribution in [0.15, 0.2) is 36.4 Å². The normalized spacial score (nSPS) is 16.3. The molecule has 3 aromatic rings. The Kier molecular flexibility index (Phi) is 5.12. The molecule has 1 atom stereocenters. The molecule has 0 aliphatic heterocycles. The molecule has 1 unspecified atom stereocenters. The predicted molar refractivity (Wildman–Crippen MR) is 112 cm³/mol. The molecule has 0 bridgehead atoms. The van der Waals surface area contributed by atoms with Crippen LogP contribution in [-0.2, 0) is 19.3 Å². The average molecular weight is 380 g/mol. The Morgan fingerprint density at radius 3 is 2.93 bits per heavy atom. The summed E-state index contributed by atoms with van der Waals surface area (Å²) in [6.07, 6.45) is 5.31. The first-order valence-corrected chi connectivity index (χ1v) is 10.5. The third-order valence-electron chi connectivity index (χ3n) is 5.51. The summed E-state index contributed by atoms with van der Waals surface area (Å²) in [5.74, 6) is 0.633. The smallest absolute Gasteiger partial charge is 0.263 e. The quantitative estimate of drug-likeness (QED) is 0.692. The predicted octanol–water partition coefficient (Wildman–Crippen LogP) is 4.37. The number of nitrogens with one attached hydrogen (secondary N) is 1. The zero-order valence-electron chi connectivity index (χ0n) is 15.6. The van der Waals surface area contributed by atoms with E-state index in [1.807, 2.05) is 18.2 Å². The van der Waals surface area contributed by atoms with Crippen molar-refractivity contribution in [2.24, 2.45) is 5.92 Å². The third kappa shape index (κ3) is 3.69. The lowest BCUT2D eigenvalue weighted by atomic mass is 9.85. The number of aromatic nitrogens is 1. The van der Waals surface area contributed by atoms with E-state index < -0.39 is 0 Å². The summed E-state index contributed by atoms with van der Waals surface area (Å²) >= 11 is 1.41. The fourth-order valence-corrected chi connectivity index (χ4v) is 4.84. The molecular weight excluding hydrogens is 354 g/mol. The highest BCUT2D eigenvalue weighted by Gasteiger charge is 2.23. The van der Waals surface area contributed by atoms with Gasteiger partial charge in [-0.05, 0) is 48.8 Å². The number of nitrogen functional groups attached to an aromatic ring is 1. The summed E-state index contributed by atoms with van der Waals surface area (Å²) < 4.78 is 0. The van der Waals surface area contributed by atoms with Crippen molar-refractivity contribution in [2.75, 3.05) is 12.3 Å². The number of thiophene rings is 1. The van der Waals surface area contributed by atoms with Gasteiger partial charge in [-0.25, -0.2) is 4.98 Å². The summed E-state index contributed by atoms with van der Waals surface area (Å²) in [6, 6.07) is 12.3. The number of carbonyl (C=O) groups is 1. The number of carbonyl (C=O) groups excluding carboxylic acids is 1. The van der Waals surface area contributed by atoms with E-state index in [0.29, 0.717) is 17.1 Å². The number of nitrogens with zero attached hydrogens (tertiary/aromatic N) is 1.